The van der Waals surface area contributed by atoms with E-state index < -0.39 is 0 Å². The molecule has 29 heavy (non-hydrogen) atoms. The van der Waals surface area contributed by atoms with Crippen molar-refractivity contribution >= 4 is 29.1 Å². The maximum absolute atomic E-state index is 11.9. The minimum absolute atomic E-state index is 0.0327. The summed E-state index contributed by atoms with van der Waals surface area (Å²) in [5.74, 6) is 2.35. The average molecular weight is 431 g/mol. The molecule has 0 aromatic carbocycles. The van der Waals surface area contributed by atoms with Crippen molar-refractivity contribution in [2.75, 3.05) is 6.61 Å². The van der Waals surface area contributed by atoms with Crippen LogP contribution < -0.4 is 0 Å². The van der Waals surface area contributed by atoms with Crippen molar-refractivity contribution in [3.05, 3.63) is 52.7 Å². The molecule has 0 amide bonds. The zero-order chi connectivity index (χ0) is 20.1. The molecule has 0 radical (unpaired) electrons. The van der Waals surface area contributed by atoms with Crippen LogP contribution in [0.5, 0.6) is 0 Å². The number of rotatable bonds is 9. The Morgan fingerprint density at radius 3 is 3.03 bits per heavy atom. The molecule has 0 bridgehead atoms. The smallest absolute Gasteiger partial charge is 0.313 e. The summed E-state index contributed by atoms with van der Waals surface area (Å²) in [6.07, 6.45) is 1.63. The Morgan fingerprint density at radius 2 is 2.28 bits per heavy atom. The van der Waals surface area contributed by atoms with Crippen molar-refractivity contribution in [1.82, 2.24) is 24.9 Å². The third kappa shape index (κ3) is 4.74. The van der Waals surface area contributed by atoms with Crippen LogP contribution in [0.3, 0.4) is 0 Å². The molecular formula is C18H17N5O4S2. The van der Waals surface area contributed by atoms with Gasteiger partial charge in [0.05, 0.1) is 25.2 Å². The molecule has 0 saturated carbocycles. The van der Waals surface area contributed by atoms with Crippen molar-refractivity contribution in [3.8, 4) is 11.4 Å². The third-order valence-corrected chi connectivity index (χ3v) is 5.50. The van der Waals surface area contributed by atoms with E-state index in [4.69, 9.17) is 13.7 Å². The van der Waals surface area contributed by atoms with Crippen molar-refractivity contribution in [3.63, 3.8) is 0 Å². The molecule has 9 nitrogen and oxygen atoms in total. The van der Waals surface area contributed by atoms with Crippen LogP contribution in [0.15, 0.2) is 49.3 Å². The molecule has 0 aliphatic rings. The van der Waals surface area contributed by atoms with Gasteiger partial charge in [0.15, 0.2) is 5.16 Å². The summed E-state index contributed by atoms with van der Waals surface area (Å²) in [5, 5.41) is 16.9. The summed E-state index contributed by atoms with van der Waals surface area (Å²) in [6, 6.07) is 5.60. The van der Waals surface area contributed by atoms with Crippen LogP contribution in [0.25, 0.3) is 11.4 Å². The number of thioether (sulfide) groups is 1. The first kappa shape index (κ1) is 19.4. The number of esters is 1. The standard InChI is InChI=1S/C18H17N5O4S2/c1-2-25-16(24)8-14-20-21-18(23(14)9-13-4-3-6-26-13)29-11-15-19-17(22-27-15)12-5-7-28-10-12/h3-7,10H,2,8-9,11H2,1H3. The molecule has 0 aliphatic heterocycles. The van der Waals surface area contributed by atoms with Crippen molar-refractivity contribution in [2.24, 2.45) is 0 Å². The minimum atomic E-state index is -0.352. The van der Waals surface area contributed by atoms with Gasteiger partial charge in [-0.3, -0.25) is 9.36 Å². The maximum atomic E-state index is 11.9. The quantitative estimate of drug-likeness (QED) is 0.291. The van der Waals surface area contributed by atoms with Gasteiger partial charge in [-0.2, -0.15) is 16.3 Å². The van der Waals surface area contributed by atoms with E-state index in [2.05, 4.69) is 20.3 Å². The van der Waals surface area contributed by atoms with E-state index in [0.29, 0.717) is 41.6 Å². The fraction of sp³-hybridized carbons (Fsp3) is 0.278. The SMILES string of the molecule is CCOC(=O)Cc1nnc(SCc2nc(-c3ccsc3)no2)n1Cc1ccco1. The second-order valence-corrected chi connectivity index (χ2v) is 7.58. The highest BCUT2D eigenvalue weighted by atomic mass is 32.2. The van der Waals surface area contributed by atoms with Crippen LogP contribution in [-0.2, 0) is 28.2 Å². The molecule has 0 fully saturated rings. The predicted molar refractivity (Wildman–Crippen MR) is 105 cm³/mol. The minimum Gasteiger partial charge on any atom is -0.467 e. The Balaban J connectivity index is 1.50. The number of hydrogen-bond donors (Lipinski definition) is 0. The monoisotopic (exact) mass is 431 g/mol. The van der Waals surface area contributed by atoms with Gasteiger partial charge in [-0.1, -0.05) is 16.9 Å². The van der Waals surface area contributed by atoms with Gasteiger partial charge in [-0.25, -0.2) is 0 Å². The van der Waals surface area contributed by atoms with Crippen LogP contribution >= 0.6 is 23.1 Å². The van der Waals surface area contributed by atoms with Gasteiger partial charge in [0.25, 0.3) is 0 Å². The fourth-order valence-electron chi connectivity index (χ4n) is 2.56. The van der Waals surface area contributed by atoms with Gasteiger partial charge in [0.1, 0.15) is 18.0 Å². The van der Waals surface area contributed by atoms with E-state index in [-0.39, 0.29) is 12.4 Å². The molecule has 4 rings (SSSR count). The molecule has 11 heteroatoms. The first-order valence-corrected chi connectivity index (χ1v) is 10.7. The van der Waals surface area contributed by atoms with E-state index in [1.807, 2.05) is 33.5 Å². The van der Waals surface area contributed by atoms with E-state index in [1.54, 1.807) is 24.5 Å². The average Bonchev–Trinajstić information content (AvgIpc) is 3.50. The van der Waals surface area contributed by atoms with Gasteiger partial charge >= 0.3 is 5.97 Å². The van der Waals surface area contributed by atoms with E-state index in [9.17, 15) is 4.79 Å². The van der Waals surface area contributed by atoms with Gasteiger partial charge in [0.2, 0.25) is 11.7 Å². The summed E-state index contributed by atoms with van der Waals surface area (Å²) in [4.78, 5) is 16.3. The third-order valence-electron chi connectivity index (χ3n) is 3.87. The molecule has 4 heterocycles. The number of furan rings is 1. The highest BCUT2D eigenvalue weighted by Gasteiger charge is 2.19. The van der Waals surface area contributed by atoms with Gasteiger partial charge in [0, 0.05) is 10.9 Å². The molecular weight excluding hydrogens is 414 g/mol. The van der Waals surface area contributed by atoms with Crippen molar-refractivity contribution in [1.29, 1.82) is 0 Å². The maximum Gasteiger partial charge on any atom is 0.313 e. The van der Waals surface area contributed by atoms with Crippen LogP contribution in [0.2, 0.25) is 0 Å². The second kappa shape index (κ2) is 9.05. The summed E-state index contributed by atoms with van der Waals surface area (Å²) in [7, 11) is 0. The molecule has 0 unspecified atom stereocenters. The lowest BCUT2D eigenvalue weighted by Gasteiger charge is -2.08. The number of aromatic nitrogens is 5. The van der Waals surface area contributed by atoms with Crippen LogP contribution in [0, 0.1) is 0 Å². The summed E-state index contributed by atoms with van der Waals surface area (Å²) in [6.45, 7) is 2.49. The summed E-state index contributed by atoms with van der Waals surface area (Å²) < 4.78 is 17.6. The van der Waals surface area contributed by atoms with Gasteiger partial charge in [-0.15, -0.1) is 10.2 Å². The molecule has 0 spiro atoms. The van der Waals surface area contributed by atoms with Crippen molar-refractivity contribution < 1.29 is 18.5 Å². The van der Waals surface area contributed by atoms with E-state index in [0.717, 1.165) is 11.3 Å². The highest BCUT2D eigenvalue weighted by molar-refractivity contribution is 7.98. The van der Waals surface area contributed by atoms with E-state index in [1.165, 1.54) is 11.8 Å². The Bertz CT molecular complexity index is 1060. The molecule has 0 atom stereocenters. The Labute approximate surface area is 174 Å². The molecule has 4 aromatic rings. The normalized spacial score (nSPS) is 11.1. The lowest BCUT2D eigenvalue weighted by molar-refractivity contribution is -0.142. The number of carbonyl (C=O) groups excluding carboxylic acids is 1. The molecule has 0 N–H and O–H groups in total. The van der Waals surface area contributed by atoms with Gasteiger partial charge < -0.3 is 13.7 Å². The van der Waals surface area contributed by atoms with Crippen LogP contribution in [0.1, 0.15) is 24.4 Å². The van der Waals surface area contributed by atoms with E-state index >= 15 is 0 Å². The van der Waals surface area contributed by atoms with Gasteiger partial charge in [-0.05, 0) is 30.5 Å². The number of carbonyl (C=O) groups is 1. The first-order valence-electron chi connectivity index (χ1n) is 8.81. The molecule has 0 aliphatic carbocycles. The Hall–Kier alpha value is -2.92. The topological polar surface area (TPSA) is 109 Å². The first-order chi connectivity index (χ1) is 14.2. The lowest BCUT2D eigenvalue weighted by Crippen LogP contribution is -2.13. The molecule has 150 valence electrons. The molecule has 0 saturated heterocycles. The lowest BCUT2D eigenvalue weighted by atomic mass is 10.3. The molecule has 4 aromatic heterocycles. The largest absolute Gasteiger partial charge is 0.467 e. The predicted octanol–water partition coefficient (Wildman–Crippen LogP) is 3.43. The van der Waals surface area contributed by atoms with Crippen molar-refractivity contribution in [2.45, 2.75) is 30.8 Å². The highest BCUT2D eigenvalue weighted by Crippen LogP contribution is 2.25. The van der Waals surface area contributed by atoms with Crippen LogP contribution in [0.4, 0.5) is 0 Å². The zero-order valence-corrected chi connectivity index (χ0v) is 17.1. The second-order valence-electron chi connectivity index (χ2n) is 5.86. The summed E-state index contributed by atoms with van der Waals surface area (Å²) >= 11 is 2.97. The zero-order valence-electron chi connectivity index (χ0n) is 15.5. The number of nitrogens with zero attached hydrogens (tertiary/aromatic N) is 5. The van der Waals surface area contributed by atoms with Crippen LogP contribution in [-0.4, -0.2) is 37.5 Å². The fourth-order valence-corrected chi connectivity index (χ4v) is 3.99. The Morgan fingerprint density at radius 1 is 1.34 bits per heavy atom. The number of thiophene rings is 1. The Kier molecular flexibility index (Phi) is 6.06. The summed E-state index contributed by atoms with van der Waals surface area (Å²) in [5.41, 5.74) is 0.924. The number of hydrogen-bond acceptors (Lipinski definition) is 10. The number of ether oxygens (including phenoxy) is 1.